The Morgan fingerprint density at radius 3 is 2.94 bits per heavy atom. The van der Waals surface area contributed by atoms with Crippen LogP contribution in [0.1, 0.15) is 31.9 Å². The van der Waals surface area contributed by atoms with Gasteiger partial charge in [0, 0.05) is 6.07 Å². The van der Waals surface area contributed by atoms with Gasteiger partial charge in [-0.3, -0.25) is 4.79 Å². The van der Waals surface area contributed by atoms with Crippen LogP contribution in [0.15, 0.2) is 16.8 Å². The van der Waals surface area contributed by atoms with Crippen molar-refractivity contribution in [1.82, 2.24) is 15.8 Å². The van der Waals surface area contributed by atoms with Crippen LogP contribution in [0.5, 0.6) is 0 Å². The average molecular weight is 237 g/mol. The smallest absolute Gasteiger partial charge is 0.226 e. The van der Waals surface area contributed by atoms with E-state index in [2.05, 4.69) is 22.7 Å². The molecular weight excluding hydrogens is 218 g/mol. The van der Waals surface area contributed by atoms with Crippen molar-refractivity contribution in [1.29, 1.82) is 0 Å². The molecule has 1 aliphatic heterocycles. The van der Waals surface area contributed by atoms with Crippen molar-refractivity contribution in [3.63, 3.8) is 0 Å². The molecule has 94 valence electrons. The highest BCUT2D eigenvalue weighted by Gasteiger charge is 2.37. The van der Waals surface area contributed by atoms with Gasteiger partial charge < -0.3 is 15.2 Å². The zero-order valence-electron chi connectivity index (χ0n) is 10.2. The summed E-state index contributed by atoms with van der Waals surface area (Å²) in [4.78, 5) is 12.2. The third-order valence-electron chi connectivity index (χ3n) is 3.63. The summed E-state index contributed by atoms with van der Waals surface area (Å²) >= 11 is 0. The van der Waals surface area contributed by atoms with Crippen LogP contribution in [0.3, 0.4) is 0 Å². The fourth-order valence-electron chi connectivity index (χ4n) is 2.33. The predicted molar refractivity (Wildman–Crippen MR) is 63.2 cm³/mol. The zero-order valence-corrected chi connectivity index (χ0v) is 10.2. The molecule has 1 saturated heterocycles. The molecule has 1 aromatic rings. The van der Waals surface area contributed by atoms with E-state index in [1.807, 2.05) is 0 Å². The van der Waals surface area contributed by atoms with Crippen molar-refractivity contribution in [2.75, 3.05) is 13.1 Å². The first-order valence-corrected chi connectivity index (χ1v) is 6.15. The van der Waals surface area contributed by atoms with Crippen LogP contribution in [0.25, 0.3) is 0 Å². The largest absolute Gasteiger partial charge is 0.360 e. The topological polar surface area (TPSA) is 67.2 Å². The maximum atomic E-state index is 12.2. The maximum Gasteiger partial charge on any atom is 0.226 e. The quantitative estimate of drug-likeness (QED) is 0.822. The Hall–Kier alpha value is -1.36. The minimum absolute atomic E-state index is 0.137. The van der Waals surface area contributed by atoms with Crippen LogP contribution in [0.2, 0.25) is 0 Å². The Morgan fingerprint density at radius 2 is 2.35 bits per heavy atom. The predicted octanol–water partition coefficient (Wildman–Crippen LogP) is 1.07. The molecule has 0 radical (unpaired) electrons. The normalized spacial score (nSPS) is 18.9. The van der Waals surface area contributed by atoms with Crippen molar-refractivity contribution in [3.05, 3.63) is 18.0 Å². The minimum atomic E-state index is -0.203. The Kier molecular flexibility index (Phi) is 3.78. The highest BCUT2D eigenvalue weighted by molar-refractivity contribution is 5.82. The van der Waals surface area contributed by atoms with E-state index < -0.39 is 0 Å². The Balaban J connectivity index is 1.93. The monoisotopic (exact) mass is 237 g/mol. The van der Waals surface area contributed by atoms with E-state index in [1.54, 1.807) is 12.3 Å². The number of carbonyl (C=O) groups excluding carboxylic acids is 1. The number of nitrogens with zero attached hydrogens (tertiary/aromatic N) is 1. The number of rotatable bonds is 4. The molecule has 1 amide bonds. The average Bonchev–Trinajstić information content (AvgIpc) is 2.90. The SMILES string of the molecule is CCC1(C(=O)NCc2ccno2)CCNCC1. The lowest BCUT2D eigenvalue weighted by molar-refractivity contribution is -0.133. The van der Waals surface area contributed by atoms with Gasteiger partial charge in [0.2, 0.25) is 5.91 Å². The van der Waals surface area contributed by atoms with Crippen LogP contribution in [-0.4, -0.2) is 24.2 Å². The molecule has 0 bridgehead atoms. The Morgan fingerprint density at radius 1 is 1.59 bits per heavy atom. The summed E-state index contributed by atoms with van der Waals surface area (Å²) in [5.41, 5.74) is -0.203. The number of carbonyl (C=O) groups is 1. The number of amides is 1. The number of hydrogen-bond donors (Lipinski definition) is 2. The Bertz CT molecular complexity index is 356. The minimum Gasteiger partial charge on any atom is -0.360 e. The number of nitrogens with one attached hydrogen (secondary N) is 2. The number of aromatic nitrogens is 1. The van der Waals surface area contributed by atoms with Gasteiger partial charge in [0.1, 0.15) is 0 Å². The standard InChI is InChI=1S/C12H19N3O2/c1-2-12(4-7-13-8-5-12)11(16)14-9-10-3-6-15-17-10/h3,6,13H,2,4-5,7-9H2,1H3,(H,14,16). The molecule has 1 fully saturated rings. The first-order chi connectivity index (χ1) is 8.27. The third-order valence-corrected chi connectivity index (χ3v) is 3.63. The van der Waals surface area contributed by atoms with Crippen molar-refractivity contribution in [3.8, 4) is 0 Å². The van der Waals surface area contributed by atoms with E-state index in [-0.39, 0.29) is 11.3 Å². The lowest BCUT2D eigenvalue weighted by Crippen LogP contribution is -2.47. The van der Waals surface area contributed by atoms with Crippen molar-refractivity contribution < 1.29 is 9.32 Å². The molecule has 2 heterocycles. The van der Waals surface area contributed by atoms with Crippen molar-refractivity contribution in [2.24, 2.45) is 5.41 Å². The first kappa shape index (κ1) is 12.1. The molecule has 2 rings (SSSR count). The number of hydrogen-bond acceptors (Lipinski definition) is 4. The van der Waals surface area contributed by atoms with Gasteiger partial charge in [0.05, 0.1) is 18.2 Å². The van der Waals surface area contributed by atoms with Gasteiger partial charge in [0.15, 0.2) is 5.76 Å². The van der Waals surface area contributed by atoms with E-state index in [0.29, 0.717) is 12.3 Å². The van der Waals surface area contributed by atoms with Gasteiger partial charge in [-0.2, -0.15) is 0 Å². The van der Waals surface area contributed by atoms with Crippen molar-refractivity contribution in [2.45, 2.75) is 32.7 Å². The second-order valence-electron chi connectivity index (χ2n) is 4.55. The molecule has 5 heteroatoms. The van der Waals surface area contributed by atoms with Gasteiger partial charge in [-0.15, -0.1) is 0 Å². The van der Waals surface area contributed by atoms with Crippen LogP contribution in [0, 0.1) is 5.41 Å². The van der Waals surface area contributed by atoms with Crippen molar-refractivity contribution >= 4 is 5.91 Å². The highest BCUT2D eigenvalue weighted by Crippen LogP contribution is 2.32. The molecule has 2 N–H and O–H groups in total. The molecule has 0 atom stereocenters. The van der Waals surface area contributed by atoms with Gasteiger partial charge in [-0.25, -0.2) is 0 Å². The summed E-state index contributed by atoms with van der Waals surface area (Å²) in [5, 5.41) is 9.85. The molecule has 0 spiro atoms. The molecule has 1 aromatic heterocycles. The van der Waals surface area contributed by atoms with Crippen LogP contribution in [0.4, 0.5) is 0 Å². The summed E-state index contributed by atoms with van der Waals surface area (Å²) in [6.45, 7) is 4.35. The number of piperidine rings is 1. The van der Waals surface area contributed by atoms with E-state index in [9.17, 15) is 4.79 Å². The van der Waals surface area contributed by atoms with Crippen LogP contribution >= 0.6 is 0 Å². The Labute approximate surface area is 101 Å². The fraction of sp³-hybridized carbons (Fsp3) is 0.667. The molecule has 0 aliphatic carbocycles. The fourth-order valence-corrected chi connectivity index (χ4v) is 2.33. The zero-order chi connectivity index (χ0) is 12.1. The van der Waals surface area contributed by atoms with Gasteiger partial charge in [-0.05, 0) is 32.4 Å². The van der Waals surface area contributed by atoms with E-state index in [1.165, 1.54) is 0 Å². The lowest BCUT2D eigenvalue weighted by atomic mass is 9.76. The third kappa shape index (κ3) is 2.66. The van der Waals surface area contributed by atoms with Gasteiger partial charge in [-0.1, -0.05) is 12.1 Å². The maximum absolute atomic E-state index is 12.2. The van der Waals surface area contributed by atoms with Crippen LogP contribution < -0.4 is 10.6 Å². The summed E-state index contributed by atoms with van der Waals surface area (Å²) in [6.07, 6.45) is 4.29. The van der Waals surface area contributed by atoms with Crippen LogP contribution in [-0.2, 0) is 11.3 Å². The summed E-state index contributed by atoms with van der Waals surface area (Å²) in [5.74, 6) is 0.830. The van der Waals surface area contributed by atoms with Gasteiger partial charge in [0.25, 0.3) is 0 Å². The summed E-state index contributed by atoms with van der Waals surface area (Å²) in [7, 11) is 0. The van der Waals surface area contributed by atoms with E-state index in [4.69, 9.17) is 4.52 Å². The first-order valence-electron chi connectivity index (χ1n) is 6.15. The summed E-state index contributed by atoms with van der Waals surface area (Å²) in [6, 6.07) is 1.77. The second kappa shape index (κ2) is 5.31. The second-order valence-corrected chi connectivity index (χ2v) is 4.55. The molecule has 0 saturated carbocycles. The molecule has 1 aliphatic rings. The molecule has 5 nitrogen and oxygen atoms in total. The molecule has 0 unspecified atom stereocenters. The summed E-state index contributed by atoms with van der Waals surface area (Å²) < 4.78 is 4.96. The van der Waals surface area contributed by atoms with E-state index in [0.717, 1.165) is 32.4 Å². The van der Waals surface area contributed by atoms with Gasteiger partial charge >= 0.3 is 0 Å². The molecule has 17 heavy (non-hydrogen) atoms. The molecule has 0 aromatic carbocycles. The van der Waals surface area contributed by atoms with E-state index >= 15 is 0 Å². The lowest BCUT2D eigenvalue weighted by Gasteiger charge is -2.35. The molecular formula is C12H19N3O2. The highest BCUT2D eigenvalue weighted by atomic mass is 16.5.